The van der Waals surface area contributed by atoms with Crippen LogP contribution in [-0.2, 0) is 0 Å². The molecule has 1 amide bonds. The van der Waals surface area contributed by atoms with Crippen LogP contribution in [0.1, 0.15) is 29.4 Å². The van der Waals surface area contributed by atoms with Gasteiger partial charge in [-0.2, -0.15) is 0 Å². The first-order valence-electron chi connectivity index (χ1n) is 6.34. The first-order chi connectivity index (χ1) is 10.0. The van der Waals surface area contributed by atoms with Crippen molar-refractivity contribution in [1.29, 1.82) is 0 Å². The fraction of sp³-hybridized carbons (Fsp3) is 0.231. The van der Waals surface area contributed by atoms with Crippen LogP contribution in [-0.4, -0.2) is 20.4 Å². The zero-order chi connectivity index (χ0) is 15.0. The molecule has 2 aromatic rings. The van der Waals surface area contributed by atoms with Gasteiger partial charge in [0.1, 0.15) is 11.5 Å². The summed E-state index contributed by atoms with van der Waals surface area (Å²) in [4.78, 5) is 26.7. The lowest BCUT2D eigenvalue weighted by molar-refractivity contribution is -0.384. The third-order valence-corrected chi connectivity index (χ3v) is 3.66. The zero-order valence-corrected chi connectivity index (χ0v) is 12.4. The fourth-order valence-corrected chi connectivity index (χ4v) is 2.27. The summed E-state index contributed by atoms with van der Waals surface area (Å²) in [6, 6.07) is 4.88. The van der Waals surface area contributed by atoms with E-state index in [0.29, 0.717) is 5.82 Å². The molecule has 1 N–H and O–H groups in total. The molecular weight excluding hydrogens is 340 g/mol. The van der Waals surface area contributed by atoms with Crippen molar-refractivity contribution in [1.82, 2.24) is 9.55 Å². The Hall–Kier alpha value is -2.22. The number of anilines is 1. The minimum absolute atomic E-state index is 0.0733. The molecule has 2 aromatic heterocycles. The number of nitrogens with one attached hydrogen (secondary N) is 1. The lowest BCUT2D eigenvalue weighted by atomic mass is 10.3. The van der Waals surface area contributed by atoms with E-state index >= 15 is 0 Å². The van der Waals surface area contributed by atoms with E-state index in [1.165, 1.54) is 12.3 Å². The zero-order valence-electron chi connectivity index (χ0n) is 10.8. The van der Waals surface area contributed by atoms with Crippen LogP contribution in [0.15, 0.2) is 35.1 Å². The molecule has 8 heteroatoms. The molecule has 108 valence electrons. The Morgan fingerprint density at radius 2 is 2.24 bits per heavy atom. The molecule has 2 heterocycles. The first kappa shape index (κ1) is 13.7. The van der Waals surface area contributed by atoms with Crippen LogP contribution in [0.2, 0.25) is 0 Å². The topological polar surface area (TPSA) is 90.1 Å². The van der Waals surface area contributed by atoms with Gasteiger partial charge in [0.2, 0.25) is 0 Å². The van der Waals surface area contributed by atoms with Gasteiger partial charge in [-0.15, -0.1) is 0 Å². The largest absolute Gasteiger partial charge is 0.334 e. The second-order valence-electron chi connectivity index (χ2n) is 4.79. The minimum Gasteiger partial charge on any atom is -0.334 e. The molecule has 0 atom stereocenters. The Labute approximate surface area is 128 Å². The Kier molecular flexibility index (Phi) is 3.46. The van der Waals surface area contributed by atoms with Gasteiger partial charge in [0, 0.05) is 22.8 Å². The molecule has 21 heavy (non-hydrogen) atoms. The van der Waals surface area contributed by atoms with Crippen LogP contribution in [0.4, 0.5) is 11.5 Å². The number of nitro groups is 1. The first-order valence-corrected chi connectivity index (χ1v) is 7.13. The molecule has 1 fully saturated rings. The summed E-state index contributed by atoms with van der Waals surface area (Å²) < 4.78 is 2.48. The van der Waals surface area contributed by atoms with E-state index in [9.17, 15) is 14.9 Å². The summed E-state index contributed by atoms with van der Waals surface area (Å²) in [5.74, 6) is -0.000720. The molecule has 3 rings (SSSR count). The predicted molar refractivity (Wildman–Crippen MR) is 79.2 cm³/mol. The van der Waals surface area contributed by atoms with Gasteiger partial charge in [-0.05, 0) is 40.9 Å². The number of aromatic nitrogens is 2. The van der Waals surface area contributed by atoms with Gasteiger partial charge in [0.15, 0.2) is 0 Å². The third kappa shape index (κ3) is 2.94. The second kappa shape index (κ2) is 5.28. The van der Waals surface area contributed by atoms with Gasteiger partial charge < -0.3 is 9.88 Å². The average Bonchev–Trinajstić information content (AvgIpc) is 3.19. The average molecular weight is 351 g/mol. The predicted octanol–water partition coefficient (Wildman–Crippen LogP) is 3.14. The summed E-state index contributed by atoms with van der Waals surface area (Å²) in [7, 11) is 0. The maximum atomic E-state index is 12.3. The van der Waals surface area contributed by atoms with E-state index in [2.05, 4.69) is 26.2 Å². The fourth-order valence-electron chi connectivity index (χ4n) is 2.03. The number of carbonyl (C=O) groups excluding carboxylic acids is 1. The number of hydrogen-bond donors (Lipinski definition) is 1. The molecule has 0 unspecified atom stereocenters. The maximum Gasteiger partial charge on any atom is 0.287 e. The van der Waals surface area contributed by atoms with Gasteiger partial charge in [-0.25, -0.2) is 4.98 Å². The second-order valence-corrected chi connectivity index (χ2v) is 5.71. The molecule has 0 radical (unpaired) electrons. The van der Waals surface area contributed by atoms with Crippen molar-refractivity contribution in [2.75, 3.05) is 5.32 Å². The van der Waals surface area contributed by atoms with Crippen LogP contribution < -0.4 is 5.32 Å². The SMILES string of the molecule is O=C(Nc1ccc(Br)cn1)c1cc([N+](=O)[O-])cn1C1CC1. The number of pyridine rings is 1. The van der Waals surface area contributed by atoms with Crippen molar-refractivity contribution in [3.63, 3.8) is 0 Å². The lowest BCUT2D eigenvalue weighted by Crippen LogP contribution is -2.16. The monoisotopic (exact) mass is 350 g/mol. The van der Waals surface area contributed by atoms with Crippen molar-refractivity contribution >= 4 is 33.3 Å². The molecule has 0 aliphatic heterocycles. The van der Waals surface area contributed by atoms with Gasteiger partial charge in [-0.3, -0.25) is 14.9 Å². The summed E-state index contributed by atoms with van der Waals surface area (Å²) in [6.45, 7) is 0. The number of rotatable bonds is 4. The quantitative estimate of drug-likeness (QED) is 0.677. The summed E-state index contributed by atoms with van der Waals surface area (Å²) in [6.07, 6.45) is 4.85. The number of halogens is 1. The van der Waals surface area contributed by atoms with E-state index < -0.39 is 10.8 Å². The molecule has 0 saturated heterocycles. The molecule has 0 spiro atoms. The highest BCUT2D eigenvalue weighted by atomic mass is 79.9. The smallest absolute Gasteiger partial charge is 0.287 e. The highest BCUT2D eigenvalue weighted by molar-refractivity contribution is 9.10. The molecule has 0 aromatic carbocycles. The lowest BCUT2D eigenvalue weighted by Gasteiger charge is -2.07. The standard InChI is InChI=1S/C13H11BrN4O3/c14-8-1-4-12(15-6-8)16-13(19)11-5-10(18(20)21)7-17(11)9-2-3-9/h1,4-7,9H,2-3H2,(H,15,16,19). The third-order valence-electron chi connectivity index (χ3n) is 3.19. The van der Waals surface area contributed by atoms with Gasteiger partial charge in [0.25, 0.3) is 11.6 Å². The highest BCUT2D eigenvalue weighted by Crippen LogP contribution is 2.38. The number of hydrogen-bond acceptors (Lipinski definition) is 4. The van der Waals surface area contributed by atoms with Crippen molar-refractivity contribution in [3.05, 3.63) is 50.9 Å². The highest BCUT2D eigenvalue weighted by Gasteiger charge is 2.30. The van der Waals surface area contributed by atoms with Gasteiger partial charge in [0.05, 0.1) is 11.1 Å². The molecule has 1 aliphatic rings. The molecular formula is C13H11BrN4O3. The van der Waals surface area contributed by atoms with Crippen molar-refractivity contribution in [3.8, 4) is 0 Å². The minimum atomic E-state index is -0.493. The molecule has 0 bridgehead atoms. The molecule has 7 nitrogen and oxygen atoms in total. The van der Waals surface area contributed by atoms with Crippen molar-refractivity contribution in [2.24, 2.45) is 0 Å². The van der Waals surface area contributed by atoms with Crippen LogP contribution in [0.25, 0.3) is 0 Å². The van der Waals surface area contributed by atoms with Crippen molar-refractivity contribution in [2.45, 2.75) is 18.9 Å². The summed E-state index contributed by atoms with van der Waals surface area (Å²) >= 11 is 3.26. The van der Waals surface area contributed by atoms with E-state index in [0.717, 1.165) is 17.3 Å². The summed E-state index contributed by atoms with van der Waals surface area (Å²) in [5, 5.41) is 13.5. The molecule has 1 aliphatic carbocycles. The number of amides is 1. The van der Waals surface area contributed by atoms with Gasteiger partial charge >= 0.3 is 0 Å². The van der Waals surface area contributed by atoms with Crippen LogP contribution in [0.3, 0.4) is 0 Å². The van der Waals surface area contributed by atoms with Crippen molar-refractivity contribution < 1.29 is 9.72 Å². The van der Waals surface area contributed by atoms with E-state index in [1.54, 1.807) is 22.9 Å². The molecule has 1 saturated carbocycles. The van der Waals surface area contributed by atoms with Crippen LogP contribution >= 0.6 is 15.9 Å². The van der Waals surface area contributed by atoms with Crippen LogP contribution in [0.5, 0.6) is 0 Å². The number of carbonyl (C=O) groups is 1. The summed E-state index contributed by atoms with van der Waals surface area (Å²) in [5.41, 5.74) is 0.213. The Balaban J connectivity index is 1.86. The normalized spacial score (nSPS) is 14.0. The Morgan fingerprint density at radius 3 is 2.81 bits per heavy atom. The van der Waals surface area contributed by atoms with E-state index in [1.807, 2.05) is 0 Å². The van der Waals surface area contributed by atoms with Crippen LogP contribution in [0, 0.1) is 10.1 Å². The Bertz CT molecular complexity index is 707. The van der Waals surface area contributed by atoms with E-state index in [-0.39, 0.29) is 17.4 Å². The number of nitrogens with zero attached hydrogens (tertiary/aromatic N) is 3. The Morgan fingerprint density at radius 1 is 1.48 bits per heavy atom. The maximum absolute atomic E-state index is 12.3. The van der Waals surface area contributed by atoms with Gasteiger partial charge in [-0.1, -0.05) is 0 Å². The van der Waals surface area contributed by atoms with E-state index in [4.69, 9.17) is 0 Å².